The lowest BCUT2D eigenvalue weighted by Gasteiger charge is -2.22. The van der Waals surface area contributed by atoms with Crippen molar-refractivity contribution in [3.8, 4) is 11.1 Å². The molecule has 1 heterocycles. The predicted molar refractivity (Wildman–Crippen MR) is 121 cm³/mol. The second kappa shape index (κ2) is 9.18. The third kappa shape index (κ3) is 4.57. The molecule has 0 saturated carbocycles. The second-order valence-electron chi connectivity index (χ2n) is 7.25. The number of carbonyl (C=O) groups is 2. The summed E-state index contributed by atoms with van der Waals surface area (Å²) < 4.78 is 5.33. The molecule has 0 spiro atoms. The van der Waals surface area contributed by atoms with Crippen LogP contribution in [0.25, 0.3) is 11.1 Å². The Kier molecular flexibility index (Phi) is 6.19. The Morgan fingerprint density at radius 3 is 2.37 bits per heavy atom. The van der Waals surface area contributed by atoms with Gasteiger partial charge >= 0.3 is 5.97 Å². The Bertz CT molecular complexity index is 1030. The third-order valence-corrected chi connectivity index (χ3v) is 6.34. The molecule has 1 atom stereocenters. The molecule has 0 fully saturated rings. The first-order valence-corrected chi connectivity index (χ1v) is 10.9. The number of esters is 1. The van der Waals surface area contributed by atoms with Gasteiger partial charge in [0.1, 0.15) is 0 Å². The second-order valence-corrected chi connectivity index (χ2v) is 8.73. The van der Waals surface area contributed by atoms with Crippen LogP contribution in [0.5, 0.6) is 0 Å². The number of carbonyl (C=O) groups excluding carboxylic acids is 2. The molecule has 0 saturated heterocycles. The smallest absolute Gasteiger partial charge is 0.338 e. The van der Waals surface area contributed by atoms with Crippen LogP contribution in [0.2, 0.25) is 0 Å². The molecule has 4 rings (SSSR count). The normalized spacial score (nSPS) is 15.8. The SMILES string of the molecule is C[C@H]1CCN(C(=O)COC(=O)c2ccc(-c3ccccc3)cc2)c2ccccc2S1. The van der Waals surface area contributed by atoms with Gasteiger partial charge in [0, 0.05) is 16.7 Å². The van der Waals surface area contributed by atoms with Gasteiger partial charge in [-0.1, -0.05) is 61.5 Å². The maximum Gasteiger partial charge on any atom is 0.338 e. The molecule has 1 aliphatic rings. The van der Waals surface area contributed by atoms with Gasteiger partial charge in [-0.05, 0) is 41.8 Å². The Morgan fingerprint density at radius 2 is 1.60 bits per heavy atom. The van der Waals surface area contributed by atoms with Crippen LogP contribution in [0.4, 0.5) is 5.69 Å². The van der Waals surface area contributed by atoms with E-state index in [2.05, 4.69) is 6.92 Å². The van der Waals surface area contributed by atoms with Crippen molar-refractivity contribution in [1.82, 2.24) is 0 Å². The van der Waals surface area contributed by atoms with E-state index in [-0.39, 0.29) is 12.5 Å². The fourth-order valence-corrected chi connectivity index (χ4v) is 4.58. The Balaban J connectivity index is 1.41. The van der Waals surface area contributed by atoms with Gasteiger partial charge < -0.3 is 9.64 Å². The average Bonchev–Trinajstić information content (AvgIpc) is 2.96. The van der Waals surface area contributed by atoms with Crippen molar-refractivity contribution in [3.05, 3.63) is 84.4 Å². The highest BCUT2D eigenvalue weighted by molar-refractivity contribution is 8.00. The molecular formula is C25H23NO3S. The van der Waals surface area contributed by atoms with Crippen LogP contribution in [0.3, 0.4) is 0 Å². The lowest BCUT2D eigenvalue weighted by atomic mass is 10.0. The molecule has 0 radical (unpaired) electrons. The topological polar surface area (TPSA) is 46.6 Å². The molecule has 152 valence electrons. The van der Waals surface area contributed by atoms with E-state index in [0.29, 0.717) is 17.4 Å². The number of amides is 1. The molecule has 0 unspecified atom stereocenters. The largest absolute Gasteiger partial charge is 0.452 e. The molecule has 0 aliphatic carbocycles. The van der Waals surface area contributed by atoms with Crippen molar-refractivity contribution in [2.75, 3.05) is 18.1 Å². The highest BCUT2D eigenvalue weighted by atomic mass is 32.2. The summed E-state index contributed by atoms with van der Waals surface area (Å²) in [6.07, 6.45) is 0.889. The summed E-state index contributed by atoms with van der Waals surface area (Å²) in [5.74, 6) is -0.694. The molecule has 1 amide bonds. The van der Waals surface area contributed by atoms with E-state index in [4.69, 9.17) is 4.74 Å². The molecule has 1 aliphatic heterocycles. The van der Waals surface area contributed by atoms with Gasteiger partial charge in [0.25, 0.3) is 5.91 Å². The number of anilines is 1. The summed E-state index contributed by atoms with van der Waals surface area (Å²) in [6, 6.07) is 25.1. The minimum absolute atomic E-state index is 0.202. The minimum Gasteiger partial charge on any atom is -0.452 e. The molecule has 0 aromatic heterocycles. The summed E-state index contributed by atoms with van der Waals surface area (Å²) >= 11 is 1.77. The number of para-hydroxylation sites is 1. The van der Waals surface area contributed by atoms with Crippen LogP contribution in [0.15, 0.2) is 83.8 Å². The van der Waals surface area contributed by atoms with Gasteiger partial charge in [-0.3, -0.25) is 4.79 Å². The van der Waals surface area contributed by atoms with E-state index in [0.717, 1.165) is 28.1 Å². The molecule has 4 nitrogen and oxygen atoms in total. The summed E-state index contributed by atoms with van der Waals surface area (Å²) in [5, 5.41) is 0.426. The Morgan fingerprint density at radius 1 is 0.933 bits per heavy atom. The first-order valence-electron chi connectivity index (χ1n) is 10.0. The zero-order valence-corrected chi connectivity index (χ0v) is 17.6. The predicted octanol–water partition coefficient (Wildman–Crippen LogP) is 5.43. The lowest BCUT2D eigenvalue weighted by Crippen LogP contribution is -2.35. The number of fused-ring (bicyclic) bond motifs is 1. The highest BCUT2D eigenvalue weighted by Gasteiger charge is 2.25. The van der Waals surface area contributed by atoms with Crippen LogP contribution < -0.4 is 4.90 Å². The van der Waals surface area contributed by atoms with Gasteiger partial charge in [-0.25, -0.2) is 4.79 Å². The van der Waals surface area contributed by atoms with E-state index >= 15 is 0 Å². The fraction of sp³-hybridized carbons (Fsp3) is 0.200. The first kappa shape index (κ1) is 20.2. The molecule has 0 N–H and O–H groups in total. The molecule has 30 heavy (non-hydrogen) atoms. The highest BCUT2D eigenvalue weighted by Crippen LogP contribution is 2.37. The summed E-state index contributed by atoms with van der Waals surface area (Å²) in [4.78, 5) is 28.1. The van der Waals surface area contributed by atoms with Crippen LogP contribution in [0.1, 0.15) is 23.7 Å². The maximum atomic E-state index is 12.8. The van der Waals surface area contributed by atoms with Gasteiger partial charge in [-0.15, -0.1) is 11.8 Å². The standard InChI is InChI=1S/C25H23NO3S/c1-18-15-16-26(22-9-5-6-10-23(22)30-18)24(27)17-29-25(28)21-13-11-20(12-14-21)19-7-3-2-4-8-19/h2-14,18H,15-17H2,1H3/t18-/m0/s1. The zero-order valence-electron chi connectivity index (χ0n) is 16.8. The van der Waals surface area contributed by atoms with Crippen molar-refractivity contribution >= 4 is 29.3 Å². The van der Waals surface area contributed by atoms with E-state index in [9.17, 15) is 9.59 Å². The molecular weight excluding hydrogens is 394 g/mol. The van der Waals surface area contributed by atoms with Crippen molar-refractivity contribution in [1.29, 1.82) is 0 Å². The van der Waals surface area contributed by atoms with Crippen molar-refractivity contribution in [3.63, 3.8) is 0 Å². The quantitative estimate of drug-likeness (QED) is 0.531. The number of nitrogens with zero attached hydrogens (tertiary/aromatic N) is 1. The van der Waals surface area contributed by atoms with E-state index < -0.39 is 5.97 Å². The molecule has 3 aromatic carbocycles. The number of hydrogen-bond donors (Lipinski definition) is 0. The Hall–Kier alpha value is -3.05. The third-order valence-electron chi connectivity index (χ3n) is 5.10. The molecule has 0 bridgehead atoms. The van der Waals surface area contributed by atoms with Gasteiger partial charge in [-0.2, -0.15) is 0 Å². The summed E-state index contributed by atoms with van der Waals surface area (Å²) in [5.41, 5.74) is 3.43. The molecule has 5 heteroatoms. The minimum atomic E-state index is -0.492. The van der Waals surface area contributed by atoms with Crippen LogP contribution in [-0.2, 0) is 9.53 Å². The average molecular weight is 418 g/mol. The van der Waals surface area contributed by atoms with Crippen LogP contribution >= 0.6 is 11.8 Å². The van der Waals surface area contributed by atoms with E-state index in [1.54, 1.807) is 28.8 Å². The van der Waals surface area contributed by atoms with Gasteiger partial charge in [0.2, 0.25) is 0 Å². The van der Waals surface area contributed by atoms with Crippen molar-refractivity contribution < 1.29 is 14.3 Å². The zero-order chi connectivity index (χ0) is 20.9. The van der Waals surface area contributed by atoms with E-state index in [1.807, 2.05) is 66.7 Å². The van der Waals surface area contributed by atoms with E-state index in [1.165, 1.54) is 0 Å². The van der Waals surface area contributed by atoms with Crippen LogP contribution in [-0.4, -0.2) is 30.3 Å². The number of ether oxygens (including phenoxy) is 1. The monoisotopic (exact) mass is 417 g/mol. The maximum absolute atomic E-state index is 12.8. The number of thioether (sulfide) groups is 1. The summed E-state index contributed by atoms with van der Waals surface area (Å²) in [6.45, 7) is 2.51. The molecule has 3 aromatic rings. The van der Waals surface area contributed by atoms with Gasteiger partial charge in [0.15, 0.2) is 6.61 Å². The number of benzene rings is 3. The lowest BCUT2D eigenvalue weighted by molar-refractivity contribution is -0.121. The first-order chi connectivity index (χ1) is 14.6. The van der Waals surface area contributed by atoms with Crippen LogP contribution in [0, 0.1) is 0 Å². The number of hydrogen-bond acceptors (Lipinski definition) is 4. The Labute approximate surface area is 180 Å². The summed E-state index contributed by atoms with van der Waals surface area (Å²) in [7, 11) is 0. The number of rotatable bonds is 4. The van der Waals surface area contributed by atoms with Crippen molar-refractivity contribution in [2.24, 2.45) is 0 Å². The fourth-order valence-electron chi connectivity index (χ4n) is 3.46. The van der Waals surface area contributed by atoms with Gasteiger partial charge in [0.05, 0.1) is 11.3 Å². The van der Waals surface area contributed by atoms with Crippen molar-refractivity contribution in [2.45, 2.75) is 23.5 Å².